The van der Waals surface area contributed by atoms with Crippen LogP contribution in [-0.2, 0) is 10.2 Å². The van der Waals surface area contributed by atoms with Crippen LogP contribution in [0, 0.1) is 0 Å². The molecule has 2 rings (SSSR count). The van der Waals surface area contributed by atoms with Crippen molar-refractivity contribution in [2.24, 2.45) is 0 Å². The Morgan fingerprint density at radius 1 is 0.846 bits per heavy atom. The Balaban J connectivity index is 2.10. The van der Waals surface area contributed by atoms with Gasteiger partial charge in [0.15, 0.2) is 0 Å². The van der Waals surface area contributed by atoms with Gasteiger partial charge in [-0.15, -0.1) is 0 Å². The SMILES string of the molecule is CC(C)(C)c1ccc(C(=O)Nc2cccc(NC(=O)C(F)(F)F)c2)cc1. The van der Waals surface area contributed by atoms with E-state index < -0.39 is 18.0 Å². The molecule has 0 bridgehead atoms. The molecular formula is C19H19F3N2O2. The number of anilines is 2. The molecule has 0 fully saturated rings. The summed E-state index contributed by atoms with van der Waals surface area (Å²) in [7, 11) is 0. The fourth-order valence-corrected chi connectivity index (χ4v) is 2.20. The maximum Gasteiger partial charge on any atom is 0.471 e. The van der Waals surface area contributed by atoms with Crippen LogP contribution in [0.4, 0.5) is 24.5 Å². The number of hydrogen-bond donors (Lipinski definition) is 2. The summed E-state index contributed by atoms with van der Waals surface area (Å²) in [4.78, 5) is 23.3. The van der Waals surface area contributed by atoms with Crippen molar-refractivity contribution in [3.8, 4) is 0 Å². The van der Waals surface area contributed by atoms with Crippen LogP contribution in [0.5, 0.6) is 0 Å². The first kappa shape index (κ1) is 19.5. The van der Waals surface area contributed by atoms with Gasteiger partial charge in [0, 0.05) is 16.9 Å². The van der Waals surface area contributed by atoms with Gasteiger partial charge in [0.1, 0.15) is 0 Å². The maximum absolute atomic E-state index is 12.3. The monoisotopic (exact) mass is 364 g/mol. The summed E-state index contributed by atoms with van der Waals surface area (Å²) in [6, 6.07) is 12.6. The second kappa shape index (κ2) is 7.19. The fourth-order valence-electron chi connectivity index (χ4n) is 2.20. The Bertz CT molecular complexity index is 807. The molecule has 0 radical (unpaired) electrons. The molecule has 7 heteroatoms. The summed E-state index contributed by atoms with van der Waals surface area (Å²) >= 11 is 0. The third-order valence-electron chi connectivity index (χ3n) is 3.65. The van der Waals surface area contributed by atoms with Crippen molar-refractivity contribution < 1.29 is 22.8 Å². The van der Waals surface area contributed by atoms with Crippen molar-refractivity contribution in [2.45, 2.75) is 32.4 Å². The molecular weight excluding hydrogens is 345 g/mol. The van der Waals surface area contributed by atoms with Crippen LogP contribution < -0.4 is 10.6 Å². The van der Waals surface area contributed by atoms with E-state index in [4.69, 9.17) is 0 Å². The zero-order chi connectivity index (χ0) is 19.5. The molecule has 138 valence electrons. The van der Waals surface area contributed by atoms with Crippen LogP contribution in [0.1, 0.15) is 36.7 Å². The molecule has 2 N–H and O–H groups in total. The number of halogens is 3. The smallest absolute Gasteiger partial charge is 0.322 e. The van der Waals surface area contributed by atoms with Gasteiger partial charge in [-0.1, -0.05) is 39.0 Å². The van der Waals surface area contributed by atoms with Crippen molar-refractivity contribution in [2.75, 3.05) is 10.6 Å². The van der Waals surface area contributed by atoms with E-state index in [9.17, 15) is 22.8 Å². The molecule has 0 saturated heterocycles. The van der Waals surface area contributed by atoms with E-state index in [0.717, 1.165) is 5.56 Å². The van der Waals surface area contributed by atoms with Crippen LogP contribution in [0.25, 0.3) is 0 Å². The van der Waals surface area contributed by atoms with E-state index in [1.807, 2.05) is 12.1 Å². The number of alkyl halides is 3. The number of hydrogen-bond acceptors (Lipinski definition) is 2. The summed E-state index contributed by atoms with van der Waals surface area (Å²) in [5, 5.41) is 4.34. The highest BCUT2D eigenvalue weighted by Crippen LogP contribution is 2.23. The lowest BCUT2D eigenvalue weighted by Crippen LogP contribution is -2.29. The summed E-state index contributed by atoms with van der Waals surface area (Å²) in [6.07, 6.45) is -4.98. The number of benzene rings is 2. The Morgan fingerprint density at radius 3 is 1.88 bits per heavy atom. The number of nitrogens with one attached hydrogen (secondary N) is 2. The highest BCUT2D eigenvalue weighted by atomic mass is 19.4. The molecule has 26 heavy (non-hydrogen) atoms. The second-order valence-corrected chi connectivity index (χ2v) is 6.81. The van der Waals surface area contributed by atoms with E-state index in [2.05, 4.69) is 26.1 Å². The minimum absolute atomic E-state index is 0.0416. The van der Waals surface area contributed by atoms with Gasteiger partial charge < -0.3 is 10.6 Å². The van der Waals surface area contributed by atoms with Gasteiger partial charge in [-0.2, -0.15) is 13.2 Å². The minimum Gasteiger partial charge on any atom is -0.322 e. The Kier molecular flexibility index (Phi) is 5.39. The molecule has 2 aromatic rings. The van der Waals surface area contributed by atoms with Gasteiger partial charge in [0.05, 0.1) is 0 Å². The highest BCUT2D eigenvalue weighted by Gasteiger charge is 2.38. The molecule has 4 nitrogen and oxygen atoms in total. The van der Waals surface area contributed by atoms with Gasteiger partial charge in [-0.3, -0.25) is 9.59 Å². The van der Waals surface area contributed by atoms with E-state index >= 15 is 0 Å². The summed E-state index contributed by atoms with van der Waals surface area (Å²) in [5.74, 6) is -2.47. The molecule has 0 aromatic heterocycles. The van der Waals surface area contributed by atoms with Crippen molar-refractivity contribution in [1.82, 2.24) is 0 Å². The first-order valence-corrected chi connectivity index (χ1v) is 7.87. The van der Waals surface area contributed by atoms with Crippen molar-refractivity contribution in [3.05, 3.63) is 59.7 Å². The molecule has 0 spiro atoms. The Labute approximate surface area is 149 Å². The zero-order valence-corrected chi connectivity index (χ0v) is 14.6. The molecule has 2 amide bonds. The second-order valence-electron chi connectivity index (χ2n) is 6.81. The summed E-state index contributed by atoms with van der Waals surface area (Å²) in [6.45, 7) is 6.18. The molecule has 0 aliphatic carbocycles. The van der Waals surface area contributed by atoms with Gasteiger partial charge in [0.2, 0.25) is 0 Å². The minimum atomic E-state index is -4.98. The quantitative estimate of drug-likeness (QED) is 0.827. The van der Waals surface area contributed by atoms with Crippen molar-refractivity contribution in [1.29, 1.82) is 0 Å². The van der Waals surface area contributed by atoms with Gasteiger partial charge >= 0.3 is 12.1 Å². The predicted molar refractivity (Wildman–Crippen MR) is 94.2 cm³/mol. The van der Waals surface area contributed by atoms with Crippen molar-refractivity contribution >= 4 is 23.2 Å². The molecule has 0 heterocycles. The molecule has 0 aliphatic rings. The number of carbonyl (C=O) groups is 2. The van der Waals surface area contributed by atoms with E-state index in [1.54, 1.807) is 17.4 Å². The zero-order valence-electron chi connectivity index (χ0n) is 14.6. The van der Waals surface area contributed by atoms with Gasteiger partial charge in [0.25, 0.3) is 5.91 Å². The van der Waals surface area contributed by atoms with Gasteiger partial charge in [-0.25, -0.2) is 0 Å². The lowest BCUT2D eigenvalue weighted by Gasteiger charge is -2.19. The standard InChI is InChI=1S/C19H19F3N2O2/c1-18(2,3)13-9-7-12(8-10-13)16(25)23-14-5-4-6-15(11-14)24-17(26)19(20,21)22/h4-11H,1-3H3,(H,23,25)(H,24,26). The fraction of sp³-hybridized carbons (Fsp3) is 0.263. The molecule has 0 atom stereocenters. The largest absolute Gasteiger partial charge is 0.471 e. The van der Waals surface area contributed by atoms with Crippen molar-refractivity contribution in [3.63, 3.8) is 0 Å². The van der Waals surface area contributed by atoms with E-state index in [0.29, 0.717) is 5.56 Å². The summed E-state index contributed by atoms with van der Waals surface area (Å²) in [5.41, 5.74) is 1.66. The van der Waals surface area contributed by atoms with Gasteiger partial charge in [-0.05, 0) is 41.3 Å². The number of carbonyl (C=O) groups excluding carboxylic acids is 2. The highest BCUT2D eigenvalue weighted by molar-refractivity contribution is 6.04. The number of amides is 2. The van der Waals surface area contributed by atoms with Crippen LogP contribution in [0.2, 0.25) is 0 Å². The molecule has 0 unspecified atom stereocenters. The maximum atomic E-state index is 12.3. The molecule has 0 aliphatic heterocycles. The van der Waals surface area contributed by atoms with E-state index in [1.165, 1.54) is 24.3 Å². The average Bonchev–Trinajstić information content (AvgIpc) is 2.53. The Morgan fingerprint density at radius 2 is 1.38 bits per heavy atom. The lowest BCUT2D eigenvalue weighted by molar-refractivity contribution is -0.167. The Hall–Kier alpha value is -2.83. The topological polar surface area (TPSA) is 58.2 Å². The van der Waals surface area contributed by atoms with Crippen LogP contribution >= 0.6 is 0 Å². The van der Waals surface area contributed by atoms with Crippen LogP contribution in [0.3, 0.4) is 0 Å². The third-order valence-corrected chi connectivity index (χ3v) is 3.65. The normalized spacial score (nSPS) is 11.8. The lowest BCUT2D eigenvalue weighted by atomic mass is 9.87. The first-order valence-electron chi connectivity index (χ1n) is 7.87. The number of rotatable bonds is 3. The van der Waals surface area contributed by atoms with Crippen LogP contribution in [-0.4, -0.2) is 18.0 Å². The first-order chi connectivity index (χ1) is 12.0. The molecule has 0 saturated carbocycles. The average molecular weight is 364 g/mol. The summed E-state index contributed by atoms with van der Waals surface area (Å²) < 4.78 is 36.9. The van der Waals surface area contributed by atoms with E-state index in [-0.39, 0.29) is 16.8 Å². The van der Waals surface area contributed by atoms with Crippen LogP contribution in [0.15, 0.2) is 48.5 Å². The third kappa shape index (κ3) is 5.08. The molecule has 2 aromatic carbocycles. The predicted octanol–water partition coefficient (Wildman–Crippen LogP) is 4.74.